The van der Waals surface area contributed by atoms with Gasteiger partial charge in [0.15, 0.2) is 11.5 Å². The molecule has 1 N–H and O–H groups in total. The Morgan fingerprint density at radius 3 is 2.38 bits per heavy atom. The van der Waals surface area contributed by atoms with E-state index in [0.29, 0.717) is 17.2 Å². The summed E-state index contributed by atoms with van der Waals surface area (Å²) in [5.41, 5.74) is 4.45. The van der Waals surface area contributed by atoms with Gasteiger partial charge >= 0.3 is 0 Å². The van der Waals surface area contributed by atoms with Gasteiger partial charge in [-0.3, -0.25) is 0 Å². The fourth-order valence-corrected chi connectivity index (χ4v) is 2.69. The van der Waals surface area contributed by atoms with Crippen LogP contribution in [0.1, 0.15) is 18.1 Å². The maximum Gasteiger partial charge on any atom is 0.168 e. The van der Waals surface area contributed by atoms with Gasteiger partial charge in [0.1, 0.15) is 0 Å². The molecule has 0 aliphatic rings. The van der Waals surface area contributed by atoms with E-state index in [1.807, 2.05) is 38.4 Å². The monoisotopic (exact) mass is 328 g/mol. The summed E-state index contributed by atoms with van der Waals surface area (Å²) in [4.78, 5) is 2.12. The van der Waals surface area contributed by atoms with E-state index in [0.717, 1.165) is 23.2 Å². The minimum Gasteiger partial charge on any atom is -0.493 e. The fraction of sp³-hybridized carbons (Fsp3) is 0.316. The van der Waals surface area contributed by atoms with Gasteiger partial charge in [-0.2, -0.15) is 0 Å². The molecular formula is C19H24N2O3. The summed E-state index contributed by atoms with van der Waals surface area (Å²) < 4.78 is 11.1. The Morgan fingerprint density at radius 1 is 1.08 bits per heavy atom. The van der Waals surface area contributed by atoms with E-state index >= 15 is 0 Å². The van der Waals surface area contributed by atoms with Gasteiger partial charge in [-0.25, -0.2) is 0 Å². The van der Waals surface area contributed by atoms with Crippen molar-refractivity contribution >= 4 is 5.71 Å². The van der Waals surface area contributed by atoms with Crippen molar-refractivity contribution in [3.8, 4) is 22.6 Å². The Morgan fingerprint density at radius 2 is 1.79 bits per heavy atom. The molecule has 0 aromatic heterocycles. The minimum absolute atomic E-state index is 0.516. The zero-order valence-corrected chi connectivity index (χ0v) is 14.8. The highest BCUT2D eigenvalue weighted by molar-refractivity contribution is 6.00. The second kappa shape index (κ2) is 7.84. The van der Waals surface area contributed by atoms with Crippen LogP contribution >= 0.6 is 0 Å². The second-order valence-electron chi connectivity index (χ2n) is 5.84. The highest BCUT2D eigenvalue weighted by atomic mass is 16.5. The number of benzene rings is 2. The molecule has 0 bridgehead atoms. The second-order valence-corrected chi connectivity index (χ2v) is 5.84. The first-order valence-corrected chi connectivity index (χ1v) is 7.69. The molecule has 128 valence electrons. The van der Waals surface area contributed by atoms with Gasteiger partial charge in [0, 0.05) is 17.7 Å². The Hall–Kier alpha value is -2.53. The summed E-state index contributed by atoms with van der Waals surface area (Å²) in [6.07, 6.45) is 0. The van der Waals surface area contributed by atoms with Gasteiger partial charge in [0.2, 0.25) is 0 Å². The zero-order chi connectivity index (χ0) is 17.7. The molecule has 5 nitrogen and oxygen atoms in total. The maximum atomic E-state index is 9.12. The minimum atomic E-state index is 0.516. The van der Waals surface area contributed by atoms with Crippen LogP contribution in [0.15, 0.2) is 41.6 Å². The molecule has 2 rings (SSSR count). The van der Waals surface area contributed by atoms with Crippen LogP contribution in [-0.2, 0) is 6.54 Å². The molecule has 0 saturated heterocycles. The summed E-state index contributed by atoms with van der Waals surface area (Å²) >= 11 is 0. The molecular weight excluding hydrogens is 304 g/mol. The van der Waals surface area contributed by atoms with Gasteiger partial charge in [0.05, 0.1) is 19.9 Å². The molecule has 0 heterocycles. The third-order valence-electron chi connectivity index (χ3n) is 3.84. The molecule has 2 aromatic rings. The molecule has 0 amide bonds. The Bertz CT molecular complexity index is 739. The normalized spacial score (nSPS) is 11.7. The molecule has 0 aliphatic heterocycles. The average Bonchev–Trinajstić information content (AvgIpc) is 2.59. The summed E-state index contributed by atoms with van der Waals surface area (Å²) in [5, 5.41) is 12.4. The lowest BCUT2D eigenvalue weighted by Crippen LogP contribution is -2.11. The highest BCUT2D eigenvalue weighted by Gasteiger charge is 2.17. The van der Waals surface area contributed by atoms with E-state index in [-0.39, 0.29) is 0 Å². The van der Waals surface area contributed by atoms with Crippen molar-refractivity contribution in [2.75, 3.05) is 28.3 Å². The Labute approximate surface area is 143 Å². The Kier molecular flexibility index (Phi) is 5.82. The first kappa shape index (κ1) is 17.8. The number of oxime groups is 1. The number of hydrogen-bond acceptors (Lipinski definition) is 5. The van der Waals surface area contributed by atoms with Crippen molar-refractivity contribution in [3.05, 3.63) is 47.5 Å². The number of nitrogens with zero attached hydrogens (tertiary/aromatic N) is 2. The largest absolute Gasteiger partial charge is 0.493 e. The maximum absolute atomic E-state index is 9.12. The molecule has 0 radical (unpaired) electrons. The predicted molar refractivity (Wildman–Crippen MR) is 96.4 cm³/mol. The van der Waals surface area contributed by atoms with Crippen molar-refractivity contribution in [1.29, 1.82) is 0 Å². The van der Waals surface area contributed by atoms with E-state index in [9.17, 15) is 0 Å². The standard InChI is InChI=1S/C19H24N2O3/c1-13(20-22)15-10-17(19(24-5)18(11-15)23-4)16-9-7-6-8-14(16)12-21(2)3/h6-11,22H,12H2,1-5H3/b20-13+. The van der Waals surface area contributed by atoms with Crippen molar-refractivity contribution < 1.29 is 14.7 Å². The van der Waals surface area contributed by atoms with Crippen molar-refractivity contribution in [3.63, 3.8) is 0 Å². The van der Waals surface area contributed by atoms with Gasteiger partial charge in [0.25, 0.3) is 0 Å². The van der Waals surface area contributed by atoms with E-state index in [1.165, 1.54) is 5.56 Å². The summed E-state index contributed by atoms with van der Waals surface area (Å²) in [5.74, 6) is 1.27. The van der Waals surface area contributed by atoms with Crippen LogP contribution in [0.2, 0.25) is 0 Å². The van der Waals surface area contributed by atoms with Crippen LogP contribution in [0.5, 0.6) is 11.5 Å². The molecule has 2 aromatic carbocycles. The number of hydrogen-bond donors (Lipinski definition) is 1. The average molecular weight is 328 g/mol. The summed E-state index contributed by atoms with van der Waals surface area (Å²) in [6.45, 7) is 2.55. The molecule has 0 atom stereocenters. The van der Waals surface area contributed by atoms with Crippen LogP contribution in [-0.4, -0.2) is 44.1 Å². The lowest BCUT2D eigenvalue weighted by molar-refractivity contribution is 0.319. The first-order chi connectivity index (χ1) is 11.5. The summed E-state index contributed by atoms with van der Waals surface area (Å²) in [6, 6.07) is 12.0. The van der Waals surface area contributed by atoms with E-state index in [2.05, 4.69) is 22.2 Å². The predicted octanol–water partition coefficient (Wildman–Crippen LogP) is 3.63. The van der Waals surface area contributed by atoms with Crippen LogP contribution in [0, 0.1) is 0 Å². The highest BCUT2D eigenvalue weighted by Crippen LogP contribution is 2.40. The van der Waals surface area contributed by atoms with Gasteiger partial charge in [-0.15, -0.1) is 0 Å². The molecule has 0 fully saturated rings. The Balaban J connectivity index is 2.73. The van der Waals surface area contributed by atoms with Crippen LogP contribution in [0.3, 0.4) is 0 Å². The van der Waals surface area contributed by atoms with E-state index in [4.69, 9.17) is 14.7 Å². The fourth-order valence-electron chi connectivity index (χ4n) is 2.69. The van der Waals surface area contributed by atoms with E-state index in [1.54, 1.807) is 21.1 Å². The third kappa shape index (κ3) is 3.68. The smallest absolute Gasteiger partial charge is 0.168 e. The van der Waals surface area contributed by atoms with Gasteiger partial charge in [-0.1, -0.05) is 29.4 Å². The number of rotatable bonds is 6. The number of ether oxygens (including phenoxy) is 2. The lowest BCUT2D eigenvalue weighted by Gasteiger charge is -2.19. The third-order valence-corrected chi connectivity index (χ3v) is 3.84. The van der Waals surface area contributed by atoms with Crippen LogP contribution in [0.4, 0.5) is 0 Å². The first-order valence-electron chi connectivity index (χ1n) is 7.69. The zero-order valence-electron chi connectivity index (χ0n) is 14.8. The van der Waals surface area contributed by atoms with Crippen LogP contribution < -0.4 is 9.47 Å². The molecule has 0 spiro atoms. The van der Waals surface area contributed by atoms with Gasteiger partial charge in [-0.05, 0) is 44.3 Å². The molecule has 0 unspecified atom stereocenters. The quantitative estimate of drug-likeness (QED) is 0.500. The molecule has 0 saturated carbocycles. The number of methoxy groups -OCH3 is 2. The van der Waals surface area contributed by atoms with Crippen molar-refractivity contribution in [2.45, 2.75) is 13.5 Å². The van der Waals surface area contributed by atoms with Crippen LogP contribution in [0.25, 0.3) is 11.1 Å². The summed E-state index contributed by atoms with van der Waals surface area (Å²) in [7, 11) is 7.30. The lowest BCUT2D eigenvalue weighted by atomic mass is 9.95. The SMILES string of the molecule is COc1cc(/C(C)=N/O)cc(-c2ccccc2CN(C)C)c1OC. The van der Waals surface area contributed by atoms with Crippen molar-refractivity contribution in [2.24, 2.45) is 5.16 Å². The van der Waals surface area contributed by atoms with E-state index < -0.39 is 0 Å². The molecule has 0 aliphatic carbocycles. The van der Waals surface area contributed by atoms with Crippen molar-refractivity contribution in [1.82, 2.24) is 4.90 Å². The molecule has 24 heavy (non-hydrogen) atoms. The van der Waals surface area contributed by atoms with Gasteiger partial charge < -0.3 is 19.6 Å². The molecule has 5 heteroatoms. The topological polar surface area (TPSA) is 54.3 Å².